The molecule has 0 saturated carbocycles. The molecule has 2 heterocycles. The Hall–Kier alpha value is -2.64. The molecule has 1 aromatic heterocycles. The Bertz CT molecular complexity index is 828. The summed E-state index contributed by atoms with van der Waals surface area (Å²) in [5.41, 5.74) is 1.45. The van der Waals surface area contributed by atoms with Crippen LogP contribution < -0.4 is 10.1 Å². The second-order valence-corrected chi connectivity index (χ2v) is 6.84. The fourth-order valence-corrected chi connectivity index (χ4v) is 3.60. The Kier molecular flexibility index (Phi) is 6.26. The molecule has 1 aliphatic rings. The second-order valence-electron chi connectivity index (χ2n) is 5.89. The van der Waals surface area contributed by atoms with Gasteiger partial charge in [0.1, 0.15) is 11.4 Å². The number of methoxy groups -OCH3 is 1. The van der Waals surface area contributed by atoms with E-state index in [1.807, 2.05) is 36.6 Å². The van der Waals surface area contributed by atoms with E-state index >= 15 is 0 Å². The average Bonchev–Trinajstić information content (AvgIpc) is 3.28. The highest BCUT2D eigenvalue weighted by atomic mass is 32.1. The van der Waals surface area contributed by atoms with E-state index in [2.05, 4.69) is 5.32 Å². The molecular formula is C20H22N2O4S. The number of hydrogen-bond acceptors (Lipinski definition) is 6. The number of carbonyl (C=O) groups is 2. The molecule has 0 atom stereocenters. The van der Waals surface area contributed by atoms with Crippen LogP contribution in [0.5, 0.6) is 5.75 Å². The predicted octanol–water partition coefficient (Wildman–Crippen LogP) is 3.38. The lowest BCUT2D eigenvalue weighted by Crippen LogP contribution is -2.33. The number of anilines is 1. The number of imide groups is 1. The van der Waals surface area contributed by atoms with Gasteiger partial charge in [0.25, 0.3) is 11.8 Å². The van der Waals surface area contributed by atoms with E-state index in [4.69, 9.17) is 9.47 Å². The molecule has 3 rings (SSSR count). The molecule has 0 radical (unpaired) electrons. The van der Waals surface area contributed by atoms with Crippen LogP contribution >= 0.6 is 11.3 Å². The molecule has 2 aromatic rings. The maximum atomic E-state index is 12.9. The van der Waals surface area contributed by atoms with Crippen LogP contribution in [0.4, 0.5) is 5.69 Å². The maximum Gasteiger partial charge on any atom is 0.278 e. The van der Waals surface area contributed by atoms with Crippen molar-refractivity contribution >= 4 is 34.4 Å². The fraction of sp³-hybridized carbons (Fsp3) is 0.300. The first kappa shape index (κ1) is 19.1. The summed E-state index contributed by atoms with van der Waals surface area (Å²) in [4.78, 5) is 27.9. The third-order valence-corrected chi connectivity index (χ3v) is 5.06. The van der Waals surface area contributed by atoms with Gasteiger partial charge in [0.2, 0.25) is 0 Å². The molecule has 0 aliphatic carbocycles. The number of thiophene rings is 1. The number of benzene rings is 1. The first-order chi connectivity index (χ1) is 13.2. The summed E-state index contributed by atoms with van der Waals surface area (Å²) in [7, 11) is 1.60. The molecule has 0 saturated heterocycles. The van der Waals surface area contributed by atoms with Crippen LogP contribution in [0.1, 0.15) is 18.2 Å². The zero-order valence-electron chi connectivity index (χ0n) is 15.4. The summed E-state index contributed by atoms with van der Waals surface area (Å²) in [6, 6.07) is 10.9. The van der Waals surface area contributed by atoms with Crippen molar-refractivity contribution < 1.29 is 19.1 Å². The Balaban J connectivity index is 1.85. The van der Waals surface area contributed by atoms with Gasteiger partial charge in [0.05, 0.1) is 12.7 Å². The Morgan fingerprint density at radius 1 is 1.11 bits per heavy atom. The molecule has 1 aliphatic heterocycles. The Morgan fingerprint density at radius 3 is 2.52 bits per heavy atom. The van der Waals surface area contributed by atoms with Crippen LogP contribution in [0.25, 0.3) is 5.57 Å². The van der Waals surface area contributed by atoms with Gasteiger partial charge in [-0.1, -0.05) is 6.07 Å². The van der Waals surface area contributed by atoms with E-state index in [1.54, 1.807) is 19.2 Å². The van der Waals surface area contributed by atoms with Crippen molar-refractivity contribution in [2.75, 3.05) is 32.2 Å². The van der Waals surface area contributed by atoms with Gasteiger partial charge in [0, 0.05) is 30.3 Å². The molecule has 27 heavy (non-hydrogen) atoms. The van der Waals surface area contributed by atoms with E-state index < -0.39 is 0 Å². The summed E-state index contributed by atoms with van der Waals surface area (Å²) in [6.07, 6.45) is 0.610. The highest BCUT2D eigenvalue weighted by Gasteiger charge is 2.39. The number of hydrogen-bond donors (Lipinski definition) is 1. The molecule has 7 heteroatoms. The molecule has 1 aromatic carbocycles. The van der Waals surface area contributed by atoms with Crippen molar-refractivity contribution in [3.63, 3.8) is 0 Å². The minimum absolute atomic E-state index is 0.269. The average molecular weight is 386 g/mol. The van der Waals surface area contributed by atoms with Gasteiger partial charge >= 0.3 is 0 Å². The Labute approximate surface area is 162 Å². The van der Waals surface area contributed by atoms with Crippen molar-refractivity contribution in [1.29, 1.82) is 0 Å². The first-order valence-electron chi connectivity index (χ1n) is 8.79. The molecule has 142 valence electrons. The van der Waals surface area contributed by atoms with Crippen LogP contribution in [-0.4, -0.2) is 43.6 Å². The smallest absolute Gasteiger partial charge is 0.278 e. The van der Waals surface area contributed by atoms with E-state index in [0.717, 1.165) is 16.3 Å². The highest BCUT2D eigenvalue weighted by molar-refractivity contribution is 7.11. The van der Waals surface area contributed by atoms with Crippen LogP contribution in [0, 0.1) is 0 Å². The van der Waals surface area contributed by atoms with Crippen LogP contribution in [0.2, 0.25) is 0 Å². The number of rotatable bonds is 9. The molecule has 2 amide bonds. The van der Waals surface area contributed by atoms with Crippen molar-refractivity contribution in [2.45, 2.75) is 13.3 Å². The third kappa shape index (κ3) is 4.20. The van der Waals surface area contributed by atoms with Crippen molar-refractivity contribution in [2.24, 2.45) is 0 Å². The SMILES string of the molecule is CCOCCCN1C(=O)C(Nc2ccc(OC)cc2)=C(c2cccs2)C1=O. The Morgan fingerprint density at radius 2 is 1.89 bits per heavy atom. The summed E-state index contributed by atoms with van der Waals surface area (Å²) < 4.78 is 10.5. The van der Waals surface area contributed by atoms with Crippen molar-refractivity contribution in [3.05, 3.63) is 52.4 Å². The molecule has 6 nitrogen and oxygen atoms in total. The standard InChI is InChI=1S/C20H22N2O4S/c1-3-26-12-5-11-22-19(23)17(16-6-4-13-27-16)18(20(22)24)21-14-7-9-15(25-2)10-8-14/h4,6-10,13,21H,3,5,11-12H2,1-2H3. The summed E-state index contributed by atoms with van der Waals surface area (Å²) in [6.45, 7) is 3.38. The van der Waals surface area contributed by atoms with Crippen molar-refractivity contribution in [1.82, 2.24) is 4.90 Å². The van der Waals surface area contributed by atoms with Gasteiger partial charge in [-0.3, -0.25) is 14.5 Å². The summed E-state index contributed by atoms with van der Waals surface area (Å²) in [5.74, 6) is 0.144. The maximum absolute atomic E-state index is 12.9. The lowest BCUT2D eigenvalue weighted by atomic mass is 10.2. The lowest BCUT2D eigenvalue weighted by molar-refractivity contribution is -0.137. The second kappa shape index (κ2) is 8.83. The van der Waals surface area contributed by atoms with Crippen LogP contribution in [-0.2, 0) is 14.3 Å². The van der Waals surface area contributed by atoms with E-state index in [9.17, 15) is 9.59 Å². The van der Waals surface area contributed by atoms with Gasteiger partial charge in [-0.15, -0.1) is 11.3 Å². The monoisotopic (exact) mass is 386 g/mol. The number of ether oxygens (including phenoxy) is 2. The number of carbonyl (C=O) groups excluding carboxylic acids is 2. The predicted molar refractivity (Wildman–Crippen MR) is 106 cm³/mol. The molecule has 0 spiro atoms. The van der Waals surface area contributed by atoms with Gasteiger partial charge in [-0.25, -0.2) is 0 Å². The van der Waals surface area contributed by atoms with E-state index in [1.165, 1.54) is 16.2 Å². The quantitative estimate of drug-likeness (QED) is 0.529. The summed E-state index contributed by atoms with van der Waals surface area (Å²) >= 11 is 1.44. The van der Waals surface area contributed by atoms with Crippen molar-refractivity contribution in [3.8, 4) is 5.75 Å². The summed E-state index contributed by atoms with van der Waals surface area (Å²) in [5, 5.41) is 5.02. The number of amides is 2. The lowest BCUT2D eigenvalue weighted by Gasteiger charge is -2.15. The van der Waals surface area contributed by atoms with Crippen LogP contribution in [0.15, 0.2) is 47.5 Å². The number of nitrogens with zero attached hydrogens (tertiary/aromatic N) is 1. The minimum atomic E-state index is -0.310. The van der Waals surface area contributed by atoms with E-state index in [-0.39, 0.29) is 11.8 Å². The molecule has 0 bridgehead atoms. The zero-order valence-corrected chi connectivity index (χ0v) is 16.2. The topological polar surface area (TPSA) is 67.9 Å². The third-order valence-electron chi connectivity index (χ3n) is 4.17. The largest absolute Gasteiger partial charge is 0.497 e. The number of nitrogens with one attached hydrogen (secondary N) is 1. The van der Waals surface area contributed by atoms with Gasteiger partial charge in [-0.2, -0.15) is 0 Å². The van der Waals surface area contributed by atoms with E-state index in [0.29, 0.717) is 37.4 Å². The van der Waals surface area contributed by atoms with Crippen LogP contribution in [0.3, 0.4) is 0 Å². The molecule has 0 unspecified atom stereocenters. The normalized spacial score (nSPS) is 14.2. The molecule has 0 fully saturated rings. The van der Waals surface area contributed by atoms with Gasteiger partial charge in [0.15, 0.2) is 0 Å². The molecular weight excluding hydrogens is 364 g/mol. The van der Waals surface area contributed by atoms with Gasteiger partial charge < -0.3 is 14.8 Å². The minimum Gasteiger partial charge on any atom is -0.497 e. The molecule has 1 N–H and O–H groups in total. The first-order valence-corrected chi connectivity index (χ1v) is 9.66. The zero-order chi connectivity index (χ0) is 19.2. The highest BCUT2D eigenvalue weighted by Crippen LogP contribution is 2.33. The fourth-order valence-electron chi connectivity index (χ4n) is 2.83. The van der Waals surface area contributed by atoms with Gasteiger partial charge in [-0.05, 0) is 49.1 Å².